The largest absolute Gasteiger partial charge is 0.351 e. The maximum atomic E-state index is 14.4. The molecule has 0 saturated heterocycles. The van der Waals surface area contributed by atoms with Crippen LogP contribution in [0, 0.1) is 33.5 Å². The van der Waals surface area contributed by atoms with Crippen LogP contribution < -0.4 is 21.3 Å². The van der Waals surface area contributed by atoms with Crippen molar-refractivity contribution in [2.45, 2.75) is 119 Å². The number of hydrogen-bond acceptors (Lipinski definition) is 4. The minimum Gasteiger partial charge on any atom is -0.351 e. The Bertz CT molecular complexity index is 1000. The van der Waals surface area contributed by atoms with Crippen molar-refractivity contribution in [2.75, 3.05) is 0 Å². The number of carbonyl (C=O) groups is 4. The highest BCUT2D eigenvalue weighted by Gasteiger charge is 3.26. The van der Waals surface area contributed by atoms with E-state index < -0.39 is 55.7 Å². The standard InChI is InChI=1S/C30H48N4O4/c1-15(2)16-17-27(19(35)31-23(3,4)5)28(17,20(36)32-24(6,7)8)30(22(38)34-26(12,13)14)18(16)29(27,30)21(37)33-25(9,10)11/h17-18H,1-14H3,(H,31,35)(H,32,36)(H,33,37)(H,34,38). The summed E-state index contributed by atoms with van der Waals surface area (Å²) in [5, 5.41) is 12.5. The van der Waals surface area contributed by atoms with E-state index in [1.54, 1.807) is 0 Å². The van der Waals surface area contributed by atoms with Crippen molar-refractivity contribution in [2.24, 2.45) is 33.5 Å². The number of nitrogens with one attached hydrogen (secondary N) is 4. The first kappa shape index (κ1) is 28.6. The summed E-state index contributed by atoms with van der Waals surface area (Å²) in [5.41, 5.74) is -5.77. The van der Waals surface area contributed by atoms with Gasteiger partial charge in [0.2, 0.25) is 23.6 Å². The smallest absolute Gasteiger partial charge is 0.229 e. The van der Waals surface area contributed by atoms with Crippen molar-refractivity contribution in [1.29, 1.82) is 0 Å². The molecule has 4 N–H and O–H groups in total. The molecule has 38 heavy (non-hydrogen) atoms. The van der Waals surface area contributed by atoms with Crippen LogP contribution >= 0.6 is 0 Å². The molecule has 2 bridgehead atoms. The summed E-state index contributed by atoms with van der Waals surface area (Å²) in [6, 6.07) is 0. The van der Waals surface area contributed by atoms with Crippen molar-refractivity contribution in [3.63, 3.8) is 0 Å². The molecular weight excluding hydrogens is 480 g/mol. The predicted octanol–water partition coefficient (Wildman–Crippen LogP) is 3.21. The highest BCUT2D eigenvalue weighted by Crippen LogP contribution is 3.16. The topological polar surface area (TPSA) is 116 Å². The summed E-state index contributed by atoms with van der Waals surface area (Å²) in [7, 11) is 0. The lowest BCUT2D eigenvalue weighted by Crippen LogP contribution is -2.69. The van der Waals surface area contributed by atoms with Gasteiger partial charge in [0.05, 0.1) is 21.7 Å². The molecule has 5 fully saturated rings. The van der Waals surface area contributed by atoms with Crippen molar-refractivity contribution in [1.82, 2.24) is 21.3 Å². The van der Waals surface area contributed by atoms with E-state index in [1.807, 2.05) is 96.9 Å². The quantitative estimate of drug-likeness (QED) is 0.419. The summed E-state index contributed by atoms with van der Waals surface area (Å²) in [5.74, 6) is -2.29. The summed E-state index contributed by atoms with van der Waals surface area (Å²) >= 11 is 0. The van der Waals surface area contributed by atoms with Crippen LogP contribution in [0.2, 0.25) is 0 Å². The van der Waals surface area contributed by atoms with Crippen LogP contribution in [0.1, 0.15) is 96.9 Å². The zero-order valence-corrected chi connectivity index (χ0v) is 25.8. The first-order chi connectivity index (χ1) is 16.8. The van der Waals surface area contributed by atoms with E-state index in [1.165, 1.54) is 0 Å². The third-order valence-corrected chi connectivity index (χ3v) is 8.64. The van der Waals surface area contributed by atoms with Crippen LogP contribution in [0.3, 0.4) is 0 Å². The van der Waals surface area contributed by atoms with Crippen molar-refractivity contribution < 1.29 is 19.2 Å². The normalized spacial score (nSPS) is 36.4. The van der Waals surface area contributed by atoms with E-state index in [9.17, 15) is 19.2 Å². The zero-order chi connectivity index (χ0) is 29.4. The monoisotopic (exact) mass is 528 g/mol. The Hall–Kier alpha value is -2.38. The Balaban J connectivity index is 2.04. The summed E-state index contributed by atoms with van der Waals surface area (Å²) in [6.07, 6.45) is 0. The molecule has 5 aliphatic rings. The molecule has 0 aromatic heterocycles. The van der Waals surface area contributed by atoms with Gasteiger partial charge in [0, 0.05) is 34.0 Å². The van der Waals surface area contributed by atoms with Gasteiger partial charge in [-0.05, 0) is 96.9 Å². The van der Waals surface area contributed by atoms with E-state index in [4.69, 9.17) is 0 Å². The molecule has 5 rings (SSSR count). The van der Waals surface area contributed by atoms with Crippen LogP contribution in [0.5, 0.6) is 0 Å². The van der Waals surface area contributed by atoms with Crippen LogP contribution in [0.25, 0.3) is 0 Å². The number of carbonyl (C=O) groups excluding carboxylic acids is 4. The average molecular weight is 529 g/mol. The minimum atomic E-state index is -1.33. The molecule has 5 saturated carbocycles. The van der Waals surface area contributed by atoms with E-state index in [-0.39, 0.29) is 23.6 Å². The van der Waals surface area contributed by atoms with E-state index >= 15 is 0 Å². The third kappa shape index (κ3) is 2.98. The van der Waals surface area contributed by atoms with Gasteiger partial charge in [0.15, 0.2) is 0 Å². The van der Waals surface area contributed by atoms with Gasteiger partial charge in [-0.3, -0.25) is 19.2 Å². The molecule has 0 radical (unpaired) electrons. The second kappa shape index (κ2) is 7.22. The molecule has 4 amide bonds. The molecular formula is C30H48N4O4. The highest BCUT2D eigenvalue weighted by atomic mass is 16.2. The summed E-state index contributed by atoms with van der Waals surface area (Å²) in [4.78, 5) is 57.7. The number of amides is 4. The fourth-order valence-electron chi connectivity index (χ4n) is 8.43. The Morgan fingerprint density at radius 1 is 0.474 bits per heavy atom. The van der Waals surface area contributed by atoms with Gasteiger partial charge in [-0.25, -0.2) is 0 Å². The third-order valence-electron chi connectivity index (χ3n) is 8.64. The van der Waals surface area contributed by atoms with Gasteiger partial charge < -0.3 is 21.3 Å². The number of hydrogen-bond donors (Lipinski definition) is 4. The maximum Gasteiger partial charge on any atom is 0.229 e. The van der Waals surface area contributed by atoms with Gasteiger partial charge >= 0.3 is 0 Å². The Kier molecular flexibility index (Phi) is 5.44. The predicted molar refractivity (Wildman–Crippen MR) is 147 cm³/mol. The molecule has 0 heterocycles. The lowest BCUT2D eigenvalue weighted by atomic mass is 9.54. The molecule has 8 heteroatoms. The SMILES string of the molecule is CC(C)=C1C2C3(C(=O)NC(C)(C)C)C2(C(=O)NC(C)(C)C)C2(C(=O)NC(C)(C)C)C1C32C(=O)NC(C)(C)C. The first-order valence-electron chi connectivity index (χ1n) is 13.8. The summed E-state index contributed by atoms with van der Waals surface area (Å²) in [6.45, 7) is 26.6. The number of rotatable bonds is 4. The summed E-state index contributed by atoms with van der Waals surface area (Å²) < 4.78 is 0. The molecule has 212 valence electrons. The minimum absolute atomic E-state index is 0.318. The second-order valence-corrected chi connectivity index (χ2v) is 16.4. The van der Waals surface area contributed by atoms with Gasteiger partial charge in [-0.2, -0.15) is 0 Å². The molecule has 0 spiro atoms. The molecule has 8 nitrogen and oxygen atoms in total. The average Bonchev–Trinajstić information content (AvgIpc) is 3.27. The highest BCUT2D eigenvalue weighted by molar-refractivity contribution is 6.25. The van der Waals surface area contributed by atoms with Gasteiger partial charge in [-0.1, -0.05) is 11.1 Å². The van der Waals surface area contributed by atoms with Gasteiger partial charge in [-0.15, -0.1) is 0 Å². The van der Waals surface area contributed by atoms with Crippen LogP contribution in [0.15, 0.2) is 11.1 Å². The maximum absolute atomic E-state index is 14.4. The second-order valence-electron chi connectivity index (χ2n) is 16.4. The fraction of sp³-hybridized carbons (Fsp3) is 0.800. The molecule has 0 aromatic carbocycles. The number of allylic oxidation sites excluding steroid dienone is 2. The lowest BCUT2D eigenvalue weighted by Gasteiger charge is -2.48. The lowest BCUT2D eigenvalue weighted by molar-refractivity contribution is -0.169. The van der Waals surface area contributed by atoms with Crippen molar-refractivity contribution in [3.8, 4) is 0 Å². The van der Waals surface area contributed by atoms with E-state index in [0.717, 1.165) is 11.1 Å². The Morgan fingerprint density at radius 3 is 0.789 bits per heavy atom. The Labute approximate surface area is 227 Å². The van der Waals surface area contributed by atoms with E-state index in [0.29, 0.717) is 0 Å². The first-order valence-corrected chi connectivity index (χ1v) is 13.8. The molecule has 0 aliphatic heterocycles. The Morgan fingerprint density at radius 2 is 0.658 bits per heavy atom. The van der Waals surface area contributed by atoms with Gasteiger partial charge in [0.1, 0.15) is 0 Å². The fourth-order valence-corrected chi connectivity index (χ4v) is 8.43. The van der Waals surface area contributed by atoms with Gasteiger partial charge in [0.25, 0.3) is 0 Å². The van der Waals surface area contributed by atoms with Crippen molar-refractivity contribution >= 4 is 23.6 Å². The zero-order valence-electron chi connectivity index (χ0n) is 25.8. The van der Waals surface area contributed by atoms with Crippen LogP contribution in [-0.4, -0.2) is 45.8 Å². The molecule has 0 unspecified atom stereocenters. The molecule has 0 aromatic rings. The van der Waals surface area contributed by atoms with Crippen LogP contribution in [0.4, 0.5) is 0 Å². The van der Waals surface area contributed by atoms with Crippen molar-refractivity contribution in [3.05, 3.63) is 11.1 Å². The van der Waals surface area contributed by atoms with Crippen LogP contribution in [-0.2, 0) is 19.2 Å². The van der Waals surface area contributed by atoms with E-state index in [2.05, 4.69) is 21.3 Å². The molecule has 5 aliphatic carbocycles. The molecule has 0 atom stereocenters.